The van der Waals surface area contributed by atoms with Crippen LogP contribution in [0.5, 0.6) is 0 Å². The second-order valence-electron chi connectivity index (χ2n) is 3.80. The molecule has 6 heteroatoms. The van der Waals surface area contributed by atoms with E-state index in [-0.39, 0.29) is 5.69 Å². The van der Waals surface area contributed by atoms with E-state index in [1.165, 1.54) is 12.1 Å². The Balaban J connectivity index is 2.38. The molecule has 0 saturated heterocycles. The maximum Gasteiger partial charge on any atom is 0.419 e. The Hall–Kier alpha value is -1.85. The summed E-state index contributed by atoms with van der Waals surface area (Å²) >= 11 is 0. The Morgan fingerprint density at radius 2 is 2.00 bits per heavy atom. The first kappa shape index (κ1) is 12.6. The van der Waals surface area contributed by atoms with Gasteiger partial charge >= 0.3 is 6.18 Å². The lowest BCUT2D eigenvalue weighted by molar-refractivity contribution is -0.137. The summed E-state index contributed by atoms with van der Waals surface area (Å²) in [5.74, 6) is -0.445. The molecule has 0 radical (unpaired) electrons. The summed E-state index contributed by atoms with van der Waals surface area (Å²) in [7, 11) is 0. The van der Waals surface area contributed by atoms with Crippen LogP contribution in [0.4, 0.5) is 17.6 Å². The molecule has 2 rings (SSSR count). The van der Waals surface area contributed by atoms with E-state index >= 15 is 0 Å². The van der Waals surface area contributed by atoms with Crippen molar-refractivity contribution in [2.45, 2.75) is 19.5 Å². The third-order valence-corrected chi connectivity index (χ3v) is 2.59. The number of hydrogen-bond acceptors (Lipinski definition) is 1. The molecule has 96 valence electrons. The van der Waals surface area contributed by atoms with Crippen molar-refractivity contribution in [3.8, 4) is 5.69 Å². The van der Waals surface area contributed by atoms with Gasteiger partial charge in [0.15, 0.2) is 0 Å². The number of halogens is 4. The predicted octanol–water partition coefficient (Wildman–Crippen LogP) is 3.59. The summed E-state index contributed by atoms with van der Waals surface area (Å²) in [5, 5.41) is 3.58. The van der Waals surface area contributed by atoms with E-state index < -0.39 is 17.6 Å². The van der Waals surface area contributed by atoms with Gasteiger partial charge in [0.1, 0.15) is 5.82 Å². The lowest BCUT2D eigenvalue weighted by atomic mass is 10.1. The molecule has 0 amide bonds. The van der Waals surface area contributed by atoms with Crippen LogP contribution in [0.15, 0.2) is 30.6 Å². The molecule has 1 heterocycles. The zero-order valence-corrected chi connectivity index (χ0v) is 9.50. The molecule has 2 nitrogen and oxygen atoms in total. The molecule has 1 aromatic heterocycles. The van der Waals surface area contributed by atoms with E-state index in [9.17, 15) is 17.6 Å². The Labute approximate surface area is 101 Å². The zero-order chi connectivity index (χ0) is 13.3. The molecule has 0 fully saturated rings. The minimum Gasteiger partial charge on any atom is -0.240 e. The standard InChI is InChI=1S/C12H10F4N2/c1-2-8-3-4-10(5-11(8)13)18-7-9(6-17-18)12(14,15)16/h3-7H,2H2,1H3. The second-order valence-corrected chi connectivity index (χ2v) is 3.80. The van der Waals surface area contributed by atoms with Crippen molar-refractivity contribution < 1.29 is 17.6 Å². The van der Waals surface area contributed by atoms with Gasteiger partial charge in [0.2, 0.25) is 0 Å². The molecule has 0 spiro atoms. The van der Waals surface area contributed by atoms with Crippen molar-refractivity contribution in [2.75, 3.05) is 0 Å². The maximum absolute atomic E-state index is 13.5. The van der Waals surface area contributed by atoms with Gasteiger partial charge in [-0.15, -0.1) is 0 Å². The van der Waals surface area contributed by atoms with Gasteiger partial charge in [-0.05, 0) is 24.1 Å². The highest BCUT2D eigenvalue weighted by atomic mass is 19.4. The molecule has 0 atom stereocenters. The highest BCUT2D eigenvalue weighted by Crippen LogP contribution is 2.29. The number of rotatable bonds is 2. The summed E-state index contributed by atoms with van der Waals surface area (Å²) < 4.78 is 51.7. The molecule has 0 aliphatic carbocycles. The normalized spacial score (nSPS) is 11.8. The first-order valence-electron chi connectivity index (χ1n) is 5.32. The minimum absolute atomic E-state index is 0.264. The summed E-state index contributed by atoms with van der Waals surface area (Å²) in [6.07, 6.45) is -2.37. The fraction of sp³-hybridized carbons (Fsp3) is 0.250. The van der Waals surface area contributed by atoms with E-state index in [0.29, 0.717) is 18.2 Å². The number of aromatic nitrogens is 2. The Morgan fingerprint density at radius 3 is 2.50 bits per heavy atom. The Morgan fingerprint density at radius 1 is 1.28 bits per heavy atom. The van der Waals surface area contributed by atoms with Crippen molar-refractivity contribution in [1.29, 1.82) is 0 Å². The number of alkyl halides is 3. The Bertz CT molecular complexity index is 557. The molecule has 18 heavy (non-hydrogen) atoms. The van der Waals surface area contributed by atoms with Gasteiger partial charge in [-0.25, -0.2) is 9.07 Å². The van der Waals surface area contributed by atoms with E-state index in [2.05, 4.69) is 5.10 Å². The summed E-state index contributed by atoms with van der Waals surface area (Å²) in [4.78, 5) is 0. The zero-order valence-electron chi connectivity index (χ0n) is 9.50. The van der Waals surface area contributed by atoms with E-state index in [4.69, 9.17) is 0 Å². The van der Waals surface area contributed by atoms with Gasteiger partial charge in [0.25, 0.3) is 0 Å². The monoisotopic (exact) mass is 258 g/mol. The van der Waals surface area contributed by atoms with Gasteiger partial charge < -0.3 is 0 Å². The van der Waals surface area contributed by atoms with Crippen LogP contribution in [0.2, 0.25) is 0 Å². The van der Waals surface area contributed by atoms with Gasteiger partial charge in [0.05, 0.1) is 17.4 Å². The second kappa shape index (κ2) is 4.44. The van der Waals surface area contributed by atoms with E-state index in [1.54, 1.807) is 13.0 Å². The largest absolute Gasteiger partial charge is 0.419 e. The number of aryl methyl sites for hydroxylation is 1. The van der Waals surface area contributed by atoms with Crippen LogP contribution in [0.3, 0.4) is 0 Å². The molecule has 0 bridgehead atoms. The smallest absolute Gasteiger partial charge is 0.240 e. The van der Waals surface area contributed by atoms with Gasteiger partial charge in [0, 0.05) is 6.20 Å². The highest BCUT2D eigenvalue weighted by Gasteiger charge is 2.32. The minimum atomic E-state index is -4.44. The van der Waals surface area contributed by atoms with Crippen molar-refractivity contribution >= 4 is 0 Å². The fourth-order valence-corrected chi connectivity index (χ4v) is 1.58. The Kier molecular flexibility index (Phi) is 3.11. The summed E-state index contributed by atoms with van der Waals surface area (Å²) in [6, 6.07) is 4.25. The topological polar surface area (TPSA) is 17.8 Å². The number of nitrogens with zero attached hydrogens (tertiary/aromatic N) is 2. The lowest BCUT2D eigenvalue weighted by Crippen LogP contribution is -2.03. The number of hydrogen-bond donors (Lipinski definition) is 0. The van der Waals surface area contributed by atoms with Gasteiger partial charge in [-0.1, -0.05) is 13.0 Å². The van der Waals surface area contributed by atoms with Crippen molar-refractivity contribution in [1.82, 2.24) is 9.78 Å². The van der Waals surface area contributed by atoms with Crippen LogP contribution < -0.4 is 0 Å². The van der Waals surface area contributed by atoms with E-state index in [0.717, 1.165) is 10.9 Å². The molecule has 0 unspecified atom stereocenters. The van der Waals surface area contributed by atoms with Crippen LogP contribution in [0.1, 0.15) is 18.1 Å². The molecular formula is C12H10F4N2. The average Bonchev–Trinajstić information content (AvgIpc) is 2.77. The average molecular weight is 258 g/mol. The van der Waals surface area contributed by atoms with Crippen LogP contribution in [-0.2, 0) is 12.6 Å². The van der Waals surface area contributed by atoms with E-state index in [1.807, 2.05) is 0 Å². The summed E-state index contributed by atoms with van der Waals surface area (Å²) in [5.41, 5.74) is -0.0790. The van der Waals surface area contributed by atoms with Gasteiger partial charge in [-0.3, -0.25) is 0 Å². The number of benzene rings is 1. The van der Waals surface area contributed by atoms with Crippen LogP contribution in [0.25, 0.3) is 5.69 Å². The van der Waals surface area contributed by atoms with Crippen LogP contribution >= 0.6 is 0 Å². The molecule has 0 saturated carbocycles. The fourth-order valence-electron chi connectivity index (χ4n) is 1.58. The quantitative estimate of drug-likeness (QED) is 0.753. The highest BCUT2D eigenvalue weighted by molar-refractivity contribution is 5.35. The maximum atomic E-state index is 13.5. The lowest BCUT2D eigenvalue weighted by Gasteiger charge is -2.05. The van der Waals surface area contributed by atoms with Crippen LogP contribution in [-0.4, -0.2) is 9.78 Å². The van der Waals surface area contributed by atoms with Crippen molar-refractivity contribution in [2.24, 2.45) is 0 Å². The third kappa shape index (κ3) is 2.37. The molecule has 1 aromatic carbocycles. The predicted molar refractivity (Wildman–Crippen MR) is 57.9 cm³/mol. The first-order chi connectivity index (χ1) is 8.41. The first-order valence-corrected chi connectivity index (χ1v) is 5.32. The van der Waals surface area contributed by atoms with Crippen molar-refractivity contribution in [3.63, 3.8) is 0 Å². The molecule has 2 aromatic rings. The third-order valence-electron chi connectivity index (χ3n) is 2.59. The molecular weight excluding hydrogens is 248 g/mol. The van der Waals surface area contributed by atoms with Gasteiger partial charge in [-0.2, -0.15) is 18.3 Å². The summed E-state index contributed by atoms with van der Waals surface area (Å²) in [6.45, 7) is 1.80. The SMILES string of the molecule is CCc1ccc(-n2cc(C(F)(F)F)cn2)cc1F. The van der Waals surface area contributed by atoms with Crippen LogP contribution in [0, 0.1) is 5.82 Å². The molecule has 0 aliphatic heterocycles. The van der Waals surface area contributed by atoms with Crippen molar-refractivity contribution in [3.05, 3.63) is 47.5 Å². The molecule has 0 aliphatic rings. The molecule has 0 N–H and O–H groups in total.